The molecule has 9 heteroatoms. The molecule has 5 rings (SSSR count). The molecule has 1 aromatic carbocycles. The SMILES string of the molecule is CCON=C(c1ccc(F)c(F)c1)c1ccc(CN2CCC(c3cnc4ncccn34)CC2)cn1. The number of fused-ring (bicyclic) bond motifs is 1. The van der Waals surface area contributed by atoms with E-state index in [9.17, 15) is 8.78 Å². The van der Waals surface area contributed by atoms with Crippen molar-refractivity contribution in [1.82, 2.24) is 24.3 Å². The van der Waals surface area contributed by atoms with Crippen molar-refractivity contribution < 1.29 is 13.6 Å². The Morgan fingerprint density at radius 3 is 2.66 bits per heavy atom. The molecule has 0 amide bonds. The van der Waals surface area contributed by atoms with Gasteiger partial charge >= 0.3 is 0 Å². The highest BCUT2D eigenvalue weighted by atomic mass is 19.2. The van der Waals surface area contributed by atoms with Gasteiger partial charge in [0.2, 0.25) is 5.78 Å². The van der Waals surface area contributed by atoms with Crippen molar-refractivity contribution in [2.75, 3.05) is 19.7 Å². The maximum absolute atomic E-state index is 13.8. The number of piperidine rings is 1. The van der Waals surface area contributed by atoms with Crippen molar-refractivity contribution in [2.24, 2.45) is 5.16 Å². The zero-order valence-electron chi connectivity index (χ0n) is 19.4. The van der Waals surface area contributed by atoms with E-state index in [4.69, 9.17) is 4.84 Å². The van der Waals surface area contributed by atoms with Gasteiger partial charge in [0.05, 0.1) is 11.9 Å². The summed E-state index contributed by atoms with van der Waals surface area (Å²) in [5.74, 6) is -0.646. The molecule has 1 saturated heterocycles. The highest BCUT2D eigenvalue weighted by molar-refractivity contribution is 6.11. The Morgan fingerprint density at radius 1 is 1.06 bits per heavy atom. The third-order valence-corrected chi connectivity index (χ3v) is 6.27. The minimum Gasteiger partial charge on any atom is -0.396 e. The third-order valence-electron chi connectivity index (χ3n) is 6.27. The first-order valence-corrected chi connectivity index (χ1v) is 11.7. The summed E-state index contributed by atoms with van der Waals surface area (Å²) in [4.78, 5) is 20.9. The van der Waals surface area contributed by atoms with Crippen LogP contribution in [0.2, 0.25) is 0 Å². The van der Waals surface area contributed by atoms with Crippen LogP contribution in [0.4, 0.5) is 8.78 Å². The number of benzene rings is 1. The number of oxime groups is 1. The quantitative estimate of drug-likeness (QED) is 0.289. The Labute approximate surface area is 202 Å². The first-order chi connectivity index (χ1) is 17.1. The average molecular weight is 477 g/mol. The highest BCUT2D eigenvalue weighted by Crippen LogP contribution is 2.29. The molecule has 1 aliphatic heterocycles. The molecule has 0 atom stereocenters. The predicted molar refractivity (Wildman–Crippen MR) is 128 cm³/mol. The fraction of sp³-hybridized carbons (Fsp3) is 0.308. The Balaban J connectivity index is 1.24. The molecule has 0 aliphatic carbocycles. The van der Waals surface area contributed by atoms with Gasteiger partial charge in [-0.25, -0.2) is 18.7 Å². The van der Waals surface area contributed by atoms with Crippen molar-refractivity contribution in [3.63, 3.8) is 0 Å². The van der Waals surface area contributed by atoms with E-state index in [0.29, 0.717) is 29.5 Å². The minimum absolute atomic E-state index is 0.354. The normalized spacial score (nSPS) is 15.6. The number of hydrogen-bond donors (Lipinski definition) is 0. The van der Waals surface area contributed by atoms with Gasteiger partial charge in [-0.15, -0.1) is 0 Å². The molecular weight excluding hydrogens is 450 g/mol. The van der Waals surface area contributed by atoms with Crippen LogP contribution in [-0.2, 0) is 11.4 Å². The lowest BCUT2D eigenvalue weighted by Crippen LogP contribution is -2.32. The first-order valence-electron chi connectivity index (χ1n) is 11.7. The maximum atomic E-state index is 13.8. The van der Waals surface area contributed by atoms with Crippen LogP contribution in [0.25, 0.3) is 5.78 Å². The van der Waals surface area contributed by atoms with Gasteiger partial charge < -0.3 is 4.84 Å². The molecule has 7 nitrogen and oxygen atoms in total. The molecular formula is C26H26F2N6O. The number of hydrogen-bond acceptors (Lipinski definition) is 6. The largest absolute Gasteiger partial charge is 0.396 e. The van der Waals surface area contributed by atoms with Crippen LogP contribution < -0.4 is 0 Å². The summed E-state index contributed by atoms with van der Waals surface area (Å²) >= 11 is 0. The van der Waals surface area contributed by atoms with Crippen molar-refractivity contribution in [1.29, 1.82) is 0 Å². The van der Waals surface area contributed by atoms with Crippen LogP contribution in [0.15, 0.2) is 66.3 Å². The molecule has 0 saturated carbocycles. The molecule has 1 fully saturated rings. The second kappa shape index (κ2) is 10.3. The summed E-state index contributed by atoms with van der Waals surface area (Å²) in [5, 5.41) is 4.10. The van der Waals surface area contributed by atoms with E-state index in [1.807, 2.05) is 30.6 Å². The summed E-state index contributed by atoms with van der Waals surface area (Å²) in [5.41, 5.74) is 3.60. The fourth-order valence-corrected chi connectivity index (χ4v) is 4.47. The average Bonchev–Trinajstić information content (AvgIpc) is 3.32. The van der Waals surface area contributed by atoms with E-state index in [2.05, 4.69) is 29.4 Å². The topological polar surface area (TPSA) is 67.9 Å². The van der Waals surface area contributed by atoms with Crippen LogP contribution in [-0.4, -0.2) is 49.7 Å². The lowest BCUT2D eigenvalue weighted by molar-refractivity contribution is 0.159. The van der Waals surface area contributed by atoms with Gasteiger partial charge in [0.25, 0.3) is 0 Å². The minimum atomic E-state index is -0.938. The molecule has 180 valence electrons. The number of imidazole rings is 1. The van der Waals surface area contributed by atoms with Crippen molar-refractivity contribution in [3.8, 4) is 0 Å². The summed E-state index contributed by atoms with van der Waals surface area (Å²) in [6.07, 6.45) is 9.63. The van der Waals surface area contributed by atoms with Crippen LogP contribution in [0.5, 0.6) is 0 Å². The third kappa shape index (κ3) is 5.05. The number of nitrogens with zero attached hydrogens (tertiary/aromatic N) is 6. The van der Waals surface area contributed by atoms with Gasteiger partial charge in [-0.2, -0.15) is 0 Å². The molecule has 4 aromatic rings. The standard InChI is InChI=1S/C26H26F2N6O/c1-2-35-32-25(20-5-6-21(27)22(28)14-20)23-7-4-18(15-30-23)17-33-12-8-19(9-13-33)24-16-31-26-29-10-3-11-34(24)26/h3-7,10-11,14-16,19H,2,8-9,12-13,17H2,1H3. The molecule has 3 aromatic heterocycles. The van der Waals surface area contributed by atoms with Gasteiger partial charge in [0.1, 0.15) is 12.3 Å². The first kappa shape index (κ1) is 23.0. The van der Waals surface area contributed by atoms with E-state index in [0.717, 1.165) is 55.9 Å². The molecule has 0 unspecified atom stereocenters. The number of aromatic nitrogens is 4. The van der Waals surface area contributed by atoms with Crippen LogP contribution in [0.1, 0.15) is 48.2 Å². The summed E-state index contributed by atoms with van der Waals surface area (Å²) in [6.45, 7) is 4.90. The van der Waals surface area contributed by atoms with E-state index in [1.54, 1.807) is 19.3 Å². The van der Waals surface area contributed by atoms with Gasteiger partial charge in [-0.1, -0.05) is 11.2 Å². The van der Waals surface area contributed by atoms with Crippen LogP contribution >= 0.6 is 0 Å². The molecule has 1 aliphatic rings. The lowest BCUT2D eigenvalue weighted by atomic mass is 9.93. The van der Waals surface area contributed by atoms with E-state index < -0.39 is 11.6 Å². The lowest BCUT2D eigenvalue weighted by Gasteiger charge is -2.31. The summed E-state index contributed by atoms with van der Waals surface area (Å²) < 4.78 is 29.3. The Bertz CT molecular complexity index is 1330. The van der Waals surface area contributed by atoms with E-state index in [1.165, 1.54) is 11.8 Å². The zero-order chi connectivity index (χ0) is 24.2. The number of pyridine rings is 1. The Kier molecular flexibility index (Phi) is 6.76. The second-order valence-corrected chi connectivity index (χ2v) is 8.56. The predicted octanol–water partition coefficient (Wildman–Crippen LogP) is 4.57. The van der Waals surface area contributed by atoms with Gasteiger partial charge in [0.15, 0.2) is 11.6 Å². The van der Waals surface area contributed by atoms with Crippen LogP contribution in [0.3, 0.4) is 0 Å². The second-order valence-electron chi connectivity index (χ2n) is 8.56. The monoisotopic (exact) mass is 476 g/mol. The molecule has 4 heterocycles. The van der Waals surface area contributed by atoms with Crippen molar-refractivity contribution in [3.05, 3.63) is 95.3 Å². The van der Waals surface area contributed by atoms with E-state index >= 15 is 0 Å². The molecule has 35 heavy (non-hydrogen) atoms. The zero-order valence-corrected chi connectivity index (χ0v) is 19.4. The molecule has 0 N–H and O–H groups in total. The van der Waals surface area contributed by atoms with Crippen molar-refractivity contribution in [2.45, 2.75) is 32.2 Å². The van der Waals surface area contributed by atoms with Gasteiger partial charge in [0, 0.05) is 42.3 Å². The summed E-state index contributed by atoms with van der Waals surface area (Å²) in [7, 11) is 0. The highest BCUT2D eigenvalue weighted by Gasteiger charge is 2.23. The van der Waals surface area contributed by atoms with Gasteiger partial charge in [-0.05, 0) is 68.8 Å². The number of likely N-dealkylation sites (tertiary alicyclic amines) is 1. The smallest absolute Gasteiger partial charge is 0.233 e. The molecule has 0 spiro atoms. The van der Waals surface area contributed by atoms with Crippen molar-refractivity contribution >= 4 is 11.5 Å². The van der Waals surface area contributed by atoms with E-state index in [-0.39, 0.29) is 0 Å². The summed E-state index contributed by atoms with van der Waals surface area (Å²) in [6, 6.07) is 9.41. The fourth-order valence-electron chi connectivity index (χ4n) is 4.47. The maximum Gasteiger partial charge on any atom is 0.233 e. The van der Waals surface area contributed by atoms with Gasteiger partial charge in [-0.3, -0.25) is 14.3 Å². The number of rotatable bonds is 7. The number of halogens is 2. The Hall–Kier alpha value is -3.72. The van der Waals surface area contributed by atoms with Crippen LogP contribution in [0, 0.1) is 11.6 Å². The molecule has 0 radical (unpaired) electrons. The Morgan fingerprint density at radius 2 is 1.91 bits per heavy atom. The molecule has 0 bridgehead atoms.